The maximum Gasteiger partial charge on any atom is 0.254 e. The van der Waals surface area contributed by atoms with Crippen molar-refractivity contribution in [3.8, 4) is 0 Å². The fraction of sp³-hybridized carbons (Fsp3) is 0.467. The van der Waals surface area contributed by atoms with Crippen molar-refractivity contribution in [2.24, 2.45) is 0 Å². The van der Waals surface area contributed by atoms with Crippen molar-refractivity contribution in [1.82, 2.24) is 15.5 Å². The van der Waals surface area contributed by atoms with Crippen LogP contribution in [0.2, 0.25) is 0 Å². The molecule has 5 nitrogen and oxygen atoms in total. The van der Waals surface area contributed by atoms with Crippen LogP contribution in [0.25, 0.3) is 0 Å². The van der Waals surface area contributed by atoms with Gasteiger partial charge < -0.3 is 15.5 Å². The van der Waals surface area contributed by atoms with Crippen molar-refractivity contribution in [2.75, 3.05) is 26.2 Å². The highest BCUT2D eigenvalue weighted by Gasteiger charge is 2.22. The Kier molecular flexibility index (Phi) is 3.69. The molecule has 0 unspecified atom stereocenters. The Labute approximate surface area is 118 Å². The highest BCUT2D eigenvalue weighted by atomic mass is 16.2. The smallest absolute Gasteiger partial charge is 0.254 e. The molecule has 2 N–H and O–H groups in total. The summed E-state index contributed by atoms with van der Waals surface area (Å²) in [6.45, 7) is 3.25. The van der Waals surface area contributed by atoms with Crippen molar-refractivity contribution >= 4 is 11.8 Å². The molecule has 3 rings (SSSR count). The Morgan fingerprint density at radius 1 is 1.20 bits per heavy atom. The topological polar surface area (TPSA) is 61.4 Å². The van der Waals surface area contributed by atoms with Gasteiger partial charge in [-0.3, -0.25) is 9.59 Å². The summed E-state index contributed by atoms with van der Waals surface area (Å²) in [4.78, 5) is 25.7. The van der Waals surface area contributed by atoms with Gasteiger partial charge in [-0.1, -0.05) is 6.07 Å². The monoisotopic (exact) mass is 273 g/mol. The third-order valence-corrected chi connectivity index (χ3v) is 3.89. The molecule has 1 saturated heterocycles. The predicted octanol–water partition coefficient (Wildman–Crippen LogP) is 0.294. The molecule has 0 aromatic heterocycles. The molecule has 0 aliphatic carbocycles. The molecule has 1 aromatic carbocycles. The molecule has 5 heteroatoms. The molecule has 0 saturated carbocycles. The number of benzene rings is 1. The van der Waals surface area contributed by atoms with Crippen LogP contribution < -0.4 is 10.6 Å². The predicted molar refractivity (Wildman–Crippen MR) is 75.4 cm³/mol. The Balaban J connectivity index is 1.80. The molecule has 2 heterocycles. The molecule has 1 fully saturated rings. The van der Waals surface area contributed by atoms with Crippen LogP contribution in [-0.2, 0) is 17.8 Å². The maximum atomic E-state index is 12.5. The zero-order valence-electron chi connectivity index (χ0n) is 11.4. The van der Waals surface area contributed by atoms with Gasteiger partial charge in [0.25, 0.3) is 5.91 Å². The SMILES string of the molecule is O=C1CN(C(=O)c2ccc3c(c2)CNCC3)CCCN1. The molecule has 20 heavy (non-hydrogen) atoms. The van der Waals surface area contributed by atoms with Crippen molar-refractivity contribution < 1.29 is 9.59 Å². The highest BCUT2D eigenvalue weighted by Crippen LogP contribution is 2.17. The summed E-state index contributed by atoms with van der Waals surface area (Å²) in [7, 11) is 0. The van der Waals surface area contributed by atoms with E-state index in [1.165, 1.54) is 11.1 Å². The number of carbonyl (C=O) groups excluding carboxylic acids is 2. The maximum absolute atomic E-state index is 12.5. The number of amides is 2. The summed E-state index contributed by atoms with van der Waals surface area (Å²) in [5.74, 6) is -0.120. The van der Waals surface area contributed by atoms with Gasteiger partial charge in [0, 0.05) is 25.2 Å². The lowest BCUT2D eigenvalue weighted by atomic mass is 9.98. The van der Waals surface area contributed by atoms with E-state index in [1.54, 1.807) is 4.90 Å². The number of fused-ring (bicyclic) bond motifs is 1. The quantitative estimate of drug-likeness (QED) is 0.773. The van der Waals surface area contributed by atoms with Gasteiger partial charge in [-0.25, -0.2) is 0 Å². The van der Waals surface area contributed by atoms with Crippen molar-refractivity contribution in [2.45, 2.75) is 19.4 Å². The van der Waals surface area contributed by atoms with Crippen LogP contribution in [0.4, 0.5) is 0 Å². The van der Waals surface area contributed by atoms with E-state index in [2.05, 4.69) is 10.6 Å². The molecular weight excluding hydrogens is 254 g/mol. The first kappa shape index (κ1) is 13.1. The summed E-state index contributed by atoms with van der Waals surface area (Å²) in [5.41, 5.74) is 3.19. The Hall–Kier alpha value is -1.88. The van der Waals surface area contributed by atoms with Crippen LogP contribution in [0, 0.1) is 0 Å². The first-order chi connectivity index (χ1) is 9.74. The molecule has 2 aliphatic rings. The minimum absolute atomic E-state index is 0.0459. The molecule has 2 aliphatic heterocycles. The van der Waals surface area contributed by atoms with Crippen LogP contribution in [-0.4, -0.2) is 42.9 Å². The lowest BCUT2D eigenvalue weighted by Crippen LogP contribution is -2.37. The third kappa shape index (κ3) is 2.67. The van der Waals surface area contributed by atoms with Gasteiger partial charge in [0.1, 0.15) is 0 Å². The van der Waals surface area contributed by atoms with Gasteiger partial charge in [0.15, 0.2) is 0 Å². The van der Waals surface area contributed by atoms with Gasteiger partial charge in [-0.2, -0.15) is 0 Å². The van der Waals surface area contributed by atoms with Crippen LogP contribution in [0.1, 0.15) is 27.9 Å². The Bertz CT molecular complexity index is 542. The minimum atomic E-state index is -0.0736. The van der Waals surface area contributed by atoms with Crippen molar-refractivity contribution in [3.05, 3.63) is 34.9 Å². The summed E-state index contributed by atoms with van der Waals surface area (Å²) in [5, 5.41) is 6.10. The van der Waals surface area contributed by atoms with Gasteiger partial charge in [-0.15, -0.1) is 0 Å². The number of nitrogens with one attached hydrogen (secondary N) is 2. The fourth-order valence-electron chi connectivity index (χ4n) is 2.78. The van der Waals surface area contributed by atoms with Crippen molar-refractivity contribution in [3.63, 3.8) is 0 Å². The zero-order chi connectivity index (χ0) is 13.9. The van der Waals surface area contributed by atoms with E-state index in [9.17, 15) is 9.59 Å². The van der Waals surface area contributed by atoms with Crippen molar-refractivity contribution in [1.29, 1.82) is 0 Å². The van der Waals surface area contributed by atoms with Gasteiger partial charge >= 0.3 is 0 Å². The van der Waals surface area contributed by atoms with Crippen LogP contribution in [0.5, 0.6) is 0 Å². The van der Waals surface area contributed by atoms with Gasteiger partial charge in [0.2, 0.25) is 5.91 Å². The molecule has 106 valence electrons. The molecule has 0 atom stereocenters. The van der Waals surface area contributed by atoms with E-state index >= 15 is 0 Å². The second kappa shape index (κ2) is 5.63. The number of hydrogen-bond acceptors (Lipinski definition) is 3. The average molecular weight is 273 g/mol. The summed E-state index contributed by atoms with van der Waals surface area (Å²) in [6, 6.07) is 5.89. The summed E-state index contributed by atoms with van der Waals surface area (Å²) in [6.07, 6.45) is 1.82. The number of rotatable bonds is 1. The van der Waals surface area contributed by atoms with Crippen LogP contribution in [0.3, 0.4) is 0 Å². The third-order valence-electron chi connectivity index (χ3n) is 3.89. The lowest BCUT2D eigenvalue weighted by Gasteiger charge is -2.21. The number of carbonyl (C=O) groups is 2. The molecule has 1 aromatic rings. The molecule has 2 amide bonds. The second-order valence-corrected chi connectivity index (χ2v) is 5.34. The van der Waals surface area contributed by atoms with Crippen LogP contribution in [0.15, 0.2) is 18.2 Å². The van der Waals surface area contributed by atoms with E-state index in [0.717, 1.165) is 25.9 Å². The first-order valence-electron chi connectivity index (χ1n) is 7.12. The zero-order valence-corrected chi connectivity index (χ0v) is 11.4. The largest absolute Gasteiger partial charge is 0.354 e. The first-order valence-corrected chi connectivity index (χ1v) is 7.12. The van der Waals surface area contributed by atoms with E-state index in [1.807, 2.05) is 18.2 Å². The van der Waals surface area contributed by atoms with E-state index in [0.29, 0.717) is 18.7 Å². The molecule has 0 radical (unpaired) electrons. The molecular formula is C15H19N3O2. The standard InChI is InChI=1S/C15H19N3O2/c19-14-10-18(7-1-5-17-14)15(20)12-3-2-11-4-6-16-9-13(11)8-12/h2-3,8,16H,1,4-7,9-10H2,(H,17,19). The van der Waals surface area contributed by atoms with E-state index in [4.69, 9.17) is 0 Å². The summed E-state index contributed by atoms with van der Waals surface area (Å²) < 4.78 is 0. The second-order valence-electron chi connectivity index (χ2n) is 5.34. The lowest BCUT2D eigenvalue weighted by molar-refractivity contribution is -0.121. The molecule has 0 spiro atoms. The molecule has 0 bridgehead atoms. The van der Waals surface area contributed by atoms with E-state index in [-0.39, 0.29) is 18.4 Å². The summed E-state index contributed by atoms with van der Waals surface area (Å²) >= 11 is 0. The van der Waals surface area contributed by atoms with Gasteiger partial charge in [0.05, 0.1) is 6.54 Å². The van der Waals surface area contributed by atoms with Crippen LogP contribution >= 0.6 is 0 Å². The number of hydrogen-bond donors (Lipinski definition) is 2. The minimum Gasteiger partial charge on any atom is -0.354 e. The average Bonchev–Trinajstić information content (AvgIpc) is 2.70. The van der Waals surface area contributed by atoms with Gasteiger partial charge in [-0.05, 0) is 42.6 Å². The van der Waals surface area contributed by atoms with E-state index < -0.39 is 0 Å². The Morgan fingerprint density at radius 3 is 3.00 bits per heavy atom. The highest BCUT2D eigenvalue weighted by molar-refractivity contribution is 5.97. The Morgan fingerprint density at radius 2 is 2.10 bits per heavy atom. The normalized spacial score (nSPS) is 19.0. The number of nitrogens with zero attached hydrogens (tertiary/aromatic N) is 1. The fourth-order valence-corrected chi connectivity index (χ4v) is 2.78.